The van der Waals surface area contributed by atoms with Gasteiger partial charge in [0.1, 0.15) is 0 Å². The second-order valence-corrected chi connectivity index (χ2v) is 6.76. The van der Waals surface area contributed by atoms with Crippen molar-refractivity contribution in [1.82, 2.24) is 14.7 Å². The molecule has 2 N–H and O–H groups in total. The van der Waals surface area contributed by atoms with Crippen LogP contribution in [0.2, 0.25) is 0 Å². The quantitative estimate of drug-likeness (QED) is 0.842. The summed E-state index contributed by atoms with van der Waals surface area (Å²) in [5.41, 5.74) is 1.43. The predicted molar refractivity (Wildman–Crippen MR) is 79.5 cm³/mol. The number of sulfonamides is 1. The van der Waals surface area contributed by atoms with Gasteiger partial charge in [-0.05, 0) is 19.1 Å². The molecule has 0 aliphatic carbocycles. The molecule has 2 aromatic heterocycles. The number of nitrogens with zero attached hydrogens (tertiary/aromatic N) is 2. The molecular formula is C12H16N4O2S2. The van der Waals surface area contributed by atoms with Gasteiger partial charge in [-0.2, -0.15) is 0 Å². The Morgan fingerprint density at radius 1 is 1.40 bits per heavy atom. The van der Waals surface area contributed by atoms with E-state index in [1.807, 2.05) is 12.3 Å². The number of thiazole rings is 1. The molecule has 0 aliphatic rings. The van der Waals surface area contributed by atoms with Gasteiger partial charge < -0.3 is 5.32 Å². The van der Waals surface area contributed by atoms with Gasteiger partial charge in [-0.1, -0.05) is 0 Å². The highest BCUT2D eigenvalue weighted by molar-refractivity contribution is 7.89. The summed E-state index contributed by atoms with van der Waals surface area (Å²) in [6.07, 6.45) is 2.03. The summed E-state index contributed by atoms with van der Waals surface area (Å²) >= 11 is 1.53. The van der Waals surface area contributed by atoms with Gasteiger partial charge in [-0.15, -0.1) is 11.3 Å². The van der Waals surface area contributed by atoms with Crippen LogP contribution in [0.3, 0.4) is 0 Å². The molecule has 0 unspecified atom stereocenters. The first-order valence-electron chi connectivity index (χ1n) is 6.06. The Morgan fingerprint density at radius 2 is 2.20 bits per heavy atom. The van der Waals surface area contributed by atoms with Crippen molar-refractivity contribution in [3.63, 3.8) is 0 Å². The molecule has 20 heavy (non-hydrogen) atoms. The highest BCUT2D eigenvalue weighted by Gasteiger charge is 2.19. The Morgan fingerprint density at radius 3 is 2.85 bits per heavy atom. The van der Waals surface area contributed by atoms with E-state index < -0.39 is 10.0 Å². The molecule has 0 atom stereocenters. The summed E-state index contributed by atoms with van der Waals surface area (Å²) in [6, 6.07) is 3.36. The molecule has 0 radical (unpaired) electrons. The van der Waals surface area contributed by atoms with Gasteiger partial charge in [0.15, 0.2) is 5.03 Å². The van der Waals surface area contributed by atoms with Crippen molar-refractivity contribution in [3.8, 4) is 0 Å². The predicted octanol–water partition coefficient (Wildman–Crippen LogP) is 1.41. The lowest BCUT2D eigenvalue weighted by atomic mass is 10.4. The van der Waals surface area contributed by atoms with Crippen LogP contribution < -0.4 is 10.0 Å². The molecule has 8 heteroatoms. The maximum absolute atomic E-state index is 12.2. The molecule has 6 nitrogen and oxygen atoms in total. The monoisotopic (exact) mass is 312 g/mol. The second kappa shape index (κ2) is 6.29. The molecular weight excluding hydrogens is 296 g/mol. The Bertz CT molecular complexity index is 682. The fourth-order valence-corrected chi connectivity index (χ4v) is 3.62. The van der Waals surface area contributed by atoms with Gasteiger partial charge in [-0.25, -0.2) is 23.1 Å². The van der Waals surface area contributed by atoms with Gasteiger partial charge >= 0.3 is 0 Å². The molecule has 0 spiro atoms. The lowest BCUT2D eigenvalue weighted by molar-refractivity contribution is 0.578. The van der Waals surface area contributed by atoms with Gasteiger partial charge in [0.25, 0.3) is 10.0 Å². The molecule has 108 valence electrons. The lowest BCUT2D eigenvalue weighted by Gasteiger charge is -2.09. The third-order valence-electron chi connectivity index (χ3n) is 2.59. The van der Waals surface area contributed by atoms with Crippen LogP contribution in [0.5, 0.6) is 0 Å². The summed E-state index contributed by atoms with van der Waals surface area (Å²) in [6.45, 7) is 2.21. The highest BCUT2D eigenvalue weighted by Crippen LogP contribution is 2.17. The van der Waals surface area contributed by atoms with E-state index in [2.05, 4.69) is 20.0 Å². The van der Waals surface area contributed by atoms with Gasteiger partial charge in [0.2, 0.25) is 0 Å². The number of aryl methyl sites for hydroxylation is 1. The van der Waals surface area contributed by atoms with Crippen molar-refractivity contribution in [2.75, 3.05) is 18.9 Å². The Labute approximate surface area is 122 Å². The number of pyridine rings is 1. The highest BCUT2D eigenvalue weighted by atomic mass is 32.2. The average Bonchev–Trinajstić information content (AvgIpc) is 2.84. The Balaban J connectivity index is 2.04. The third-order valence-corrected chi connectivity index (χ3v) is 5.04. The largest absolute Gasteiger partial charge is 0.386 e. The molecule has 0 aromatic carbocycles. The van der Waals surface area contributed by atoms with Crippen LogP contribution in [-0.4, -0.2) is 32.0 Å². The molecule has 0 saturated heterocycles. The maximum Gasteiger partial charge on any atom is 0.260 e. The van der Waals surface area contributed by atoms with E-state index in [0.29, 0.717) is 18.7 Å². The molecule has 0 aliphatic heterocycles. The molecule has 2 heterocycles. The minimum Gasteiger partial charge on any atom is -0.386 e. The summed E-state index contributed by atoms with van der Waals surface area (Å²) in [7, 11) is -1.95. The summed E-state index contributed by atoms with van der Waals surface area (Å²) in [5, 5.41) is 5.70. The van der Waals surface area contributed by atoms with Crippen molar-refractivity contribution >= 4 is 27.0 Å². The average molecular weight is 312 g/mol. The smallest absolute Gasteiger partial charge is 0.260 e. The van der Waals surface area contributed by atoms with E-state index in [1.54, 1.807) is 19.2 Å². The van der Waals surface area contributed by atoms with Crippen molar-refractivity contribution in [2.24, 2.45) is 0 Å². The minimum absolute atomic E-state index is 0.0119. The van der Waals surface area contributed by atoms with Crippen LogP contribution in [0.1, 0.15) is 10.7 Å². The van der Waals surface area contributed by atoms with Crippen LogP contribution in [0, 0.1) is 6.92 Å². The first kappa shape index (κ1) is 14.9. The number of nitrogens with one attached hydrogen (secondary N) is 2. The molecule has 0 amide bonds. The second-order valence-electron chi connectivity index (χ2n) is 4.14. The number of aromatic nitrogens is 2. The van der Waals surface area contributed by atoms with E-state index in [1.165, 1.54) is 17.5 Å². The number of rotatable bonds is 6. The van der Waals surface area contributed by atoms with E-state index in [9.17, 15) is 8.42 Å². The van der Waals surface area contributed by atoms with E-state index >= 15 is 0 Å². The Hall–Kier alpha value is -1.51. The molecule has 0 saturated carbocycles. The van der Waals surface area contributed by atoms with Crippen molar-refractivity contribution in [1.29, 1.82) is 0 Å². The van der Waals surface area contributed by atoms with Crippen LogP contribution in [0.4, 0.5) is 5.69 Å². The molecule has 0 bridgehead atoms. The first-order chi connectivity index (χ1) is 9.53. The normalized spacial score (nSPS) is 11.5. The zero-order valence-corrected chi connectivity index (χ0v) is 12.9. The van der Waals surface area contributed by atoms with Crippen LogP contribution in [0.15, 0.2) is 28.7 Å². The standard InChI is InChI=1S/C12H16N4O2S2/c1-9-8-19-11(16-9)5-7-15-20(17,18)12-10(13-2)4-3-6-14-12/h3-4,6,8,13,15H,5,7H2,1-2H3. The van der Waals surface area contributed by atoms with Crippen LogP contribution in [-0.2, 0) is 16.4 Å². The van der Waals surface area contributed by atoms with E-state index in [0.717, 1.165) is 10.7 Å². The number of hydrogen-bond donors (Lipinski definition) is 2. The lowest BCUT2D eigenvalue weighted by Crippen LogP contribution is -2.27. The van der Waals surface area contributed by atoms with Crippen molar-refractivity contribution in [3.05, 3.63) is 34.4 Å². The molecule has 2 rings (SSSR count). The fourth-order valence-electron chi connectivity index (χ4n) is 1.67. The fraction of sp³-hybridized carbons (Fsp3) is 0.333. The van der Waals surface area contributed by atoms with Crippen LogP contribution >= 0.6 is 11.3 Å². The zero-order valence-electron chi connectivity index (χ0n) is 11.3. The molecule has 0 fully saturated rings. The van der Waals surface area contributed by atoms with Gasteiger partial charge in [0.05, 0.1) is 10.7 Å². The SMILES string of the molecule is CNc1cccnc1S(=O)(=O)NCCc1nc(C)cs1. The first-order valence-corrected chi connectivity index (χ1v) is 8.42. The zero-order chi connectivity index (χ0) is 14.6. The summed E-state index contributed by atoms with van der Waals surface area (Å²) in [4.78, 5) is 8.22. The Kier molecular flexibility index (Phi) is 4.69. The number of hydrogen-bond acceptors (Lipinski definition) is 6. The van der Waals surface area contributed by atoms with Crippen molar-refractivity contribution in [2.45, 2.75) is 18.4 Å². The van der Waals surface area contributed by atoms with Crippen molar-refractivity contribution < 1.29 is 8.42 Å². The van der Waals surface area contributed by atoms with Crippen LogP contribution in [0.25, 0.3) is 0 Å². The third kappa shape index (κ3) is 3.53. The maximum atomic E-state index is 12.2. The summed E-state index contributed by atoms with van der Waals surface area (Å²) in [5.74, 6) is 0. The summed E-state index contributed by atoms with van der Waals surface area (Å²) < 4.78 is 26.9. The minimum atomic E-state index is -3.61. The van der Waals surface area contributed by atoms with E-state index in [4.69, 9.17) is 0 Å². The molecule has 2 aromatic rings. The van der Waals surface area contributed by atoms with Gasteiger partial charge in [0, 0.05) is 37.3 Å². The topological polar surface area (TPSA) is 84.0 Å². The number of anilines is 1. The van der Waals surface area contributed by atoms with E-state index in [-0.39, 0.29) is 5.03 Å². The van der Waals surface area contributed by atoms with Gasteiger partial charge in [-0.3, -0.25) is 0 Å².